The van der Waals surface area contributed by atoms with Gasteiger partial charge < -0.3 is 14.9 Å². The van der Waals surface area contributed by atoms with Gasteiger partial charge in [0, 0.05) is 18.0 Å². The first-order chi connectivity index (χ1) is 14.0. The van der Waals surface area contributed by atoms with E-state index in [0.717, 1.165) is 0 Å². The molecule has 29 heavy (non-hydrogen) atoms. The van der Waals surface area contributed by atoms with Crippen molar-refractivity contribution in [2.24, 2.45) is 0 Å². The Kier molecular flexibility index (Phi) is 3.78. The van der Waals surface area contributed by atoms with Crippen LogP contribution >= 0.6 is 0 Å². The number of hydrogen-bond donors (Lipinski definition) is 3. The molecule has 1 fully saturated rings. The van der Waals surface area contributed by atoms with E-state index in [2.05, 4.69) is 16.0 Å². The Bertz CT molecular complexity index is 1440. The van der Waals surface area contributed by atoms with E-state index in [1.165, 1.54) is 15.2 Å². The van der Waals surface area contributed by atoms with Crippen molar-refractivity contribution in [2.45, 2.75) is 24.9 Å². The molecular weight excluding hydrogens is 378 g/mol. The Morgan fingerprint density at radius 3 is 2.86 bits per heavy atom. The quantitative estimate of drug-likeness (QED) is 0.435. The largest absolute Gasteiger partial charge is 0.394 e. The molecule has 10 heteroatoms. The number of aromatic amines is 1. The minimum absolute atomic E-state index is 0.129. The Balaban J connectivity index is 1.79. The van der Waals surface area contributed by atoms with Crippen molar-refractivity contribution >= 4 is 27.5 Å². The number of aliphatic hydroxyl groups is 2. The molecule has 4 heterocycles. The van der Waals surface area contributed by atoms with Crippen LogP contribution in [-0.2, 0) is 4.74 Å². The molecule has 1 saturated heterocycles. The minimum Gasteiger partial charge on any atom is -0.394 e. The van der Waals surface area contributed by atoms with Crippen LogP contribution in [0.2, 0.25) is 0 Å². The lowest BCUT2D eigenvalue weighted by Crippen LogP contribution is -2.29. The van der Waals surface area contributed by atoms with Crippen LogP contribution in [0.3, 0.4) is 0 Å². The van der Waals surface area contributed by atoms with Crippen molar-refractivity contribution in [2.75, 3.05) is 6.61 Å². The molecule has 3 N–H and O–H groups in total. The van der Waals surface area contributed by atoms with Crippen LogP contribution < -0.4 is 11.4 Å². The first-order valence-electron chi connectivity index (χ1n) is 8.95. The Morgan fingerprint density at radius 1 is 1.31 bits per heavy atom. The highest BCUT2D eigenvalue weighted by atomic mass is 16.5. The predicted octanol–water partition coefficient (Wildman–Crippen LogP) is 0.00308. The van der Waals surface area contributed by atoms with E-state index in [0.29, 0.717) is 27.4 Å². The molecule has 0 bridgehead atoms. The second-order valence-electron chi connectivity index (χ2n) is 6.99. The van der Waals surface area contributed by atoms with Crippen molar-refractivity contribution in [1.82, 2.24) is 18.9 Å². The highest BCUT2D eigenvalue weighted by Gasteiger charge is 2.35. The number of nitriles is 1. The summed E-state index contributed by atoms with van der Waals surface area (Å²) in [4.78, 5) is 31.7. The number of nitrogens with zero attached hydrogens (tertiary/aromatic N) is 4. The van der Waals surface area contributed by atoms with Crippen molar-refractivity contribution in [3.05, 3.63) is 57.0 Å². The summed E-state index contributed by atoms with van der Waals surface area (Å²) in [6, 6.07) is 8.82. The summed E-state index contributed by atoms with van der Waals surface area (Å²) in [5.74, 6) is 0. The van der Waals surface area contributed by atoms with Crippen LogP contribution in [0.5, 0.6) is 0 Å². The fourth-order valence-electron chi connectivity index (χ4n) is 3.87. The molecule has 0 spiro atoms. The SMILES string of the molecule is N#Cc1ccc2c(c1)cc1c3cn([C@H]4C[C@H](O)[C@@H](CO)O4)c(=O)nc3[nH]c(=O)n21. The van der Waals surface area contributed by atoms with Crippen LogP contribution in [0.1, 0.15) is 18.2 Å². The van der Waals surface area contributed by atoms with Crippen LogP contribution in [0.4, 0.5) is 0 Å². The van der Waals surface area contributed by atoms with Crippen LogP contribution in [0.25, 0.3) is 27.5 Å². The molecule has 1 aliphatic rings. The molecule has 3 aromatic heterocycles. The third-order valence-corrected chi connectivity index (χ3v) is 5.28. The zero-order valence-corrected chi connectivity index (χ0v) is 14.9. The molecule has 0 radical (unpaired) electrons. The van der Waals surface area contributed by atoms with Gasteiger partial charge in [-0.1, -0.05) is 0 Å². The van der Waals surface area contributed by atoms with Gasteiger partial charge in [0.2, 0.25) is 0 Å². The summed E-state index contributed by atoms with van der Waals surface area (Å²) in [5.41, 5.74) is 0.637. The third kappa shape index (κ3) is 2.56. The van der Waals surface area contributed by atoms with Crippen LogP contribution in [0.15, 0.2) is 40.1 Å². The van der Waals surface area contributed by atoms with E-state index in [4.69, 9.17) is 10.00 Å². The molecule has 1 aromatic carbocycles. The van der Waals surface area contributed by atoms with Crippen LogP contribution in [0, 0.1) is 11.3 Å². The maximum absolute atomic E-state index is 12.6. The zero-order chi connectivity index (χ0) is 20.3. The molecule has 1 aliphatic heterocycles. The highest BCUT2D eigenvalue weighted by molar-refractivity contribution is 5.99. The second-order valence-corrected chi connectivity index (χ2v) is 6.99. The first-order valence-corrected chi connectivity index (χ1v) is 8.95. The number of hydrogen-bond acceptors (Lipinski definition) is 7. The van der Waals surface area contributed by atoms with Gasteiger partial charge in [-0.15, -0.1) is 0 Å². The van der Waals surface area contributed by atoms with Gasteiger partial charge in [-0.05, 0) is 24.3 Å². The van der Waals surface area contributed by atoms with Gasteiger partial charge in [0.25, 0.3) is 0 Å². The summed E-state index contributed by atoms with van der Waals surface area (Å²) in [6.45, 7) is -0.365. The lowest BCUT2D eigenvalue weighted by Gasteiger charge is -2.15. The van der Waals surface area contributed by atoms with Crippen molar-refractivity contribution in [1.29, 1.82) is 5.26 Å². The lowest BCUT2D eigenvalue weighted by molar-refractivity contribution is -0.0457. The molecule has 146 valence electrons. The summed E-state index contributed by atoms with van der Waals surface area (Å²) in [6.07, 6.45) is -0.807. The van der Waals surface area contributed by atoms with Gasteiger partial charge in [-0.2, -0.15) is 10.2 Å². The molecule has 0 aliphatic carbocycles. The fourth-order valence-corrected chi connectivity index (χ4v) is 3.87. The van der Waals surface area contributed by atoms with E-state index in [1.54, 1.807) is 24.3 Å². The van der Waals surface area contributed by atoms with E-state index < -0.39 is 29.8 Å². The summed E-state index contributed by atoms with van der Waals surface area (Å²) in [5, 5.41) is 29.6. The number of H-pyrrole nitrogens is 1. The third-order valence-electron chi connectivity index (χ3n) is 5.28. The van der Waals surface area contributed by atoms with Gasteiger partial charge in [0.1, 0.15) is 12.3 Å². The van der Waals surface area contributed by atoms with Gasteiger partial charge in [0.15, 0.2) is 5.65 Å². The summed E-state index contributed by atoms with van der Waals surface area (Å²) in [7, 11) is 0. The molecular formula is C19H15N5O5. The molecule has 0 unspecified atom stereocenters. The van der Waals surface area contributed by atoms with Gasteiger partial charge in [-0.3, -0.25) is 14.0 Å². The standard InChI is InChI=1S/C19H15N5O5/c20-6-9-1-2-12-10(3-9)4-13-11-7-23(16-5-14(26)15(8-25)29-16)18(27)21-17(11)22-19(28)24(12)13/h1-4,7,14-16,25-26H,5,8H2,(H,21,22,27,28)/t14-,15+,16+/m0/s1. The number of fused-ring (bicyclic) bond motifs is 5. The van der Waals surface area contributed by atoms with Crippen molar-refractivity contribution in [3.8, 4) is 6.07 Å². The van der Waals surface area contributed by atoms with Crippen molar-refractivity contribution in [3.63, 3.8) is 0 Å². The topological polar surface area (TPSA) is 146 Å². The number of benzene rings is 1. The molecule has 5 rings (SSSR count). The second kappa shape index (κ2) is 6.25. The molecule has 4 aromatic rings. The molecule has 10 nitrogen and oxygen atoms in total. The Labute approximate surface area is 161 Å². The van der Waals surface area contributed by atoms with E-state index in [1.807, 2.05) is 0 Å². The first kappa shape index (κ1) is 17.6. The van der Waals surface area contributed by atoms with Crippen molar-refractivity contribution < 1.29 is 14.9 Å². The monoisotopic (exact) mass is 393 g/mol. The Hall–Kier alpha value is -3.52. The fraction of sp³-hybridized carbons (Fsp3) is 0.263. The maximum Gasteiger partial charge on any atom is 0.351 e. The lowest BCUT2D eigenvalue weighted by atomic mass is 10.2. The summed E-state index contributed by atoms with van der Waals surface area (Å²) >= 11 is 0. The Morgan fingerprint density at radius 2 is 2.14 bits per heavy atom. The highest BCUT2D eigenvalue weighted by Crippen LogP contribution is 2.29. The smallest absolute Gasteiger partial charge is 0.351 e. The number of aromatic nitrogens is 4. The molecule has 3 atom stereocenters. The maximum atomic E-state index is 12.6. The molecule has 0 amide bonds. The molecule has 0 saturated carbocycles. The number of nitrogens with one attached hydrogen (secondary N) is 1. The average Bonchev–Trinajstić information content (AvgIpc) is 3.27. The van der Waals surface area contributed by atoms with Gasteiger partial charge >= 0.3 is 11.4 Å². The van der Waals surface area contributed by atoms with E-state index in [-0.39, 0.29) is 18.7 Å². The van der Waals surface area contributed by atoms with Gasteiger partial charge in [-0.25, -0.2) is 9.59 Å². The number of rotatable bonds is 2. The summed E-state index contributed by atoms with van der Waals surface area (Å²) < 4.78 is 8.27. The number of ether oxygens (including phenoxy) is 1. The van der Waals surface area contributed by atoms with E-state index >= 15 is 0 Å². The van der Waals surface area contributed by atoms with Gasteiger partial charge in [0.05, 0.1) is 40.8 Å². The number of aliphatic hydroxyl groups excluding tert-OH is 2. The van der Waals surface area contributed by atoms with E-state index in [9.17, 15) is 19.8 Å². The average molecular weight is 393 g/mol. The normalized spacial score (nSPS) is 21.9. The zero-order valence-electron chi connectivity index (χ0n) is 14.9. The predicted molar refractivity (Wildman–Crippen MR) is 101 cm³/mol. The van der Waals surface area contributed by atoms with Crippen LogP contribution in [-0.4, -0.2) is 48.0 Å². The minimum atomic E-state index is -0.900.